The van der Waals surface area contributed by atoms with Gasteiger partial charge in [-0.25, -0.2) is 4.79 Å². The van der Waals surface area contributed by atoms with E-state index in [-0.39, 0.29) is 31.5 Å². The average molecular weight is 341 g/mol. The Hall–Kier alpha value is -2.11. The molecule has 2 rings (SSSR count). The molecule has 0 fully saturated rings. The van der Waals surface area contributed by atoms with Crippen molar-refractivity contribution in [1.29, 1.82) is 0 Å². The summed E-state index contributed by atoms with van der Waals surface area (Å²) in [6.45, 7) is 0.320. The monoisotopic (exact) mass is 340 g/mol. The van der Waals surface area contributed by atoms with Crippen LogP contribution in [0, 0.1) is 0 Å². The number of hydrogen-bond acceptors (Lipinski definition) is 4. The molecular formula is C15H14Cl2N2O3. The molecule has 0 saturated carbocycles. The molecule has 1 amide bonds. The van der Waals surface area contributed by atoms with Crippen LogP contribution in [0.5, 0.6) is 0 Å². The molecule has 1 N–H and O–H groups in total. The SMILES string of the molecule is Cl.O=C(NCCOC(=O)c1cccnc1)c1ccc(Cl)cc1. The maximum absolute atomic E-state index is 11.8. The van der Waals surface area contributed by atoms with Crippen LogP contribution in [0.3, 0.4) is 0 Å². The molecule has 0 aliphatic rings. The number of carbonyl (C=O) groups excluding carboxylic acids is 2. The van der Waals surface area contributed by atoms with Crippen LogP contribution in [-0.4, -0.2) is 30.0 Å². The number of ether oxygens (including phenoxy) is 1. The van der Waals surface area contributed by atoms with Crippen LogP contribution in [0.2, 0.25) is 5.02 Å². The quantitative estimate of drug-likeness (QED) is 0.671. The number of benzene rings is 1. The van der Waals surface area contributed by atoms with Crippen molar-refractivity contribution < 1.29 is 14.3 Å². The molecule has 0 bridgehead atoms. The van der Waals surface area contributed by atoms with E-state index in [2.05, 4.69) is 10.3 Å². The van der Waals surface area contributed by atoms with Gasteiger partial charge >= 0.3 is 5.97 Å². The van der Waals surface area contributed by atoms with Crippen molar-refractivity contribution in [2.45, 2.75) is 0 Å². The Bertz CT molecular complexity index is 618. The lowest BCUT2D eigenvalue weighted by Gasteiger charge is -2.06. The molecule has 2 aromatic rings. The molecule has 116 valence electrons. The molecule has 0 atom stereocenters. The van der Waals surface area contributed by atoms with Crippen LogP contribution in [-0.2, 0) is 4.74 Å². The maximum Gasteiger partial charge on any atom is 0.339 e. The van der Waals surface area contributed by atoms with Gasteiger partial charge in [-0.2, -0.15) is 0 Å². The Labute approximate surface area is 139 Å². The van der Waals surface area contributed by atoms with Gasteiger partial charge in [0.25, 0.3) is 5.91 Å². The highest BCUT2D eigenvalue weighted by atomic mass is 35.5. The third-order valence-electron chi connectivity index (χ3n) is 2.62. The smallest absolute Gasteiger partial charge is 0.339 e. The first kappa shape index (κ1) is 17.9. The van der Waals surface area contributed by atoms with Crippen molar-refractivity contribution in [3.05, 3.63) is 64.9 Å². The van der Waals surface area contributed by atoms with Crippen molar-refractivity contribution in [3.63, 3.8) is 0 Å². The second-order valence-corrected chi connectivity index (χ2v) is 4.58. The number of esters is 1. The molecule has 0 radical (unpaired) electrons. The predicted octanol–water partition coefficient (Wildman–Crippen LogP) is 2.74. The van der Waals surface area contributed by atoms with Gasteiger partial charge < -0.3 is 10.1 Å². The first-order valence-electron chi connectivity index (χ1n) is 6.28. The van der Waals surface area contributed by atoms with Crippen LogP contribution in [0.15, 0.2) is 48.8 Å². The van der Waals surface area contributed by atoms with Gasteiger partial charge in [0, 0.05) is 23.0 Å². The van der Waals surface area contributed by atoms with E-state index in [1.807, 2.05) is 0 Å². The molecule has 0 aliphatic heterocycles. The summed E-state index contributed by atoms with van der Waals surface area (Å²) in [7, 11) is 0. The molecule has 0 saturated heterocycles. The Balaban J connectivity index is 0.00000242. The van der Waals surface area contributed by atoms with Crippen molar-refractivity contribution in [3.8, 4) is 0 Å². The zero-order valence-electron chi connectivity index (χ0n) is 11.5. The van der Waals surface area contributed by atoms with Crippen molar-refractivity contribution in [2.75, 3.05) is 13.2 Å². The van der Waals surface area contributed by atoms with Gasteiger partial charge in [-0.05, 0) is 36.4 Å². The van der Waals surface area contributed by atoms with E-state index >= 15 is 0 Å². The minimum absolute atomic E-state index is 0. The second-order valence-electron chi connectivity index (χ2n) is 4.14. The van der Waals surface area contributed by atoms with Gasteiger partial charge in [-0.1, -0.05) is 11.6 Å². The van der Waals surface area contributed by atoms with E-state index in [4.69, 9.17) is 16.3 Å². The summed E-state index contributed by atoms with van der Waals surface area (Å²) in [6.07, 6.45) is 3.00. The number of nitrogens with one attached hydrogen (secondary N) is 1. The highest BCUT2D eigenvalue weighted by Crippen LogP contribution is 2.09. The third-order valence-corrected chi connectivity index (χ3v) is 2.88. The second kappa shape index (κ2) is 9.02. The summed E-state index contributed by atoms with van der Waals surface area (Å²) in [5.41, 5.74) is 0.875. The summed E-state index contributed by atoms with van der Waals surface area (Å²) in [5.74, 6) is -0.715. The predicted molar refractivity (Wildman–Crippen MR) is 85.6 cm³/mol. The highest BCUT2D eigenvalue weighted by molar-refractivity contribution is 6.30. The fourth-order valence-electron chi connectivity index (χ4n) is 1.58. The van der Waals surface area contributed by atoms with Gasteiger partial charge in [-0.15, -0.1) is 12.4 Å². The number of carbonyl (C=O) groups is 2. The number of pyridine rings is 1. The molecule has 22 heavy (non-hydrogen) atoms. The van der Waals surface area contributed by atoms with Crippen LogP contribution >= 0.6 is 24.0 Å². The lowest BCUT2D eigenvalue weighted by Crippen LogP contribution is -2.28. The maximum atomic E-state index is 11.8. The molecule has 0 spiro atoms. The van der Waals surface area contributed by atoms with Gasteiger partial charge in [0.05, 0.1) is 12.1 Å². The minimum atomic E-state index is -0.469. The van der Waals surface area contributed by atoms with E-state index in [0.29, 0.717) is 16.1 Å². The number of aromatic nitrogens is 1. The molecule has 1 heterocycles. The van der Waals surface area contributed by atoms with E-state index in [9.17, 15) is 9.59 Å². The number of amides is 1. The van der Waals surface area contributed by atoms with Crippen LogP contribution in [0.1, 0.15) is 20.7 Å². The van der Waals surface area contributed by atoms with Crippen molar-refractivity contribution >= 4 is 35.9 Å². The van der Waals surface area contributed by atoms with E-state index in [0.717, 1.165) is 0 Å². The van der Waals surface area contributed by atoms with Gasteiger partial charge in [-0.3, -0.25) is 9.78 Å². The number of hydrogen-bond donors (Lipinski definition) is 1. The van der Waals surface area contributed by atoms with Crippen molar-refractivity contribution in [2.24, 2.45) is 0 Å². The molecule has 5 nitrogen and oxygen atoms in total. The third kappa shape index (κ3) is 5.35. The first-order valence-corrected chi connectivity index (χ1v) is 6.65. The summed E-state index contributed by atoms with van der Waals surface area (Å²) < 4.78 is 5.02. The molecule has 0 unspecified atom stereocenters. The van der Waals surface area contributed by atoms with Gasteiger partial charge in [0.1, 0.15) is 6.61 Å². The van der Waals surface area contributed by atoms with Crippen LogP contribution < -0.4 is 5.32 Å². The summed E-state index contributed by atoms with van der Waals surface area (Å²) in [6, 6.07) is 9.79. The fourth-order valence-corrected chi connectivity index (χ4v) is 1.70. The zero-order valence-corrected chi connectivity index (χ0v) is 13.1. The summed E-state index contributed by atoms with van der Waals surface area (Å²) in [5, 5.41) is 3.22. The lowest BCUT2D eigenvalue weighted by molar-refractivity contribution is 0.0502. The number of rotatable bonds is 5. The van der Waals surface area contributed by atoms with Crippen molar-refractivity contribution in [1.82, 2.24) is 10.3 Å². The normalized spacial score (nSPS) is 9.50. The Morgan fingerprint density at radius 1 is 1.14 bits per heavy atom. The topological polar surface area (TPSA) is 68.3 Å². The van der Waals surface area contributed by atoms with E-state index in [1.54, 1.807) is 42.6 Å². The molecule has 1 aromatic heterocycles. The molecule has 7 heteroatoms. The largest absolute Gasteiger partial charge is 0.460 e. The molecule has 0 aliphatic carbocycles. The van der Waals surface area contributed by atoms with Gasteiger partial charge in [0.15, 0.2) is 0 Å². The Morgan fingerprint density at radius 3 is 2.50 bits per heavy atom. The first-order chi connectivity index (χ1) is 10.2. The lowest BCUT2D eigenvalue weighted by atomic mass is 10.2. The Kier molecular flexibility index (Phi) is 7.36. The zero-order chi connectivity index (χ0) is 15.1. The minimum Gasteiger partial charge on any atom is -0.460 e. The molecule has 1 aromatic carbocycles. The van der Waals surface area contributed by atoms with Crippen LogP contribution in [0.25, 0.3) is 0 Å². The van der Waals surface area contributed by atoms with Crippen LogP contribution in [0.4, 0.5) is 0 Å². The molecular weight excluding hydrogens is 327 g/mol. The highest BCUT2D eigenvalue weighted by Gasteiger charge is 2.07. The van der Waals surface area contributed by atoms with E-state index < -0.39 is 5.97 Å². The van der Waals surface area contributed by atoms with Gasteiger partial charge in [0.2, 0.25) is 0 Å². The summed E-state index contributed by atoms with van der Waals surface area (Å²) in [4.78, 5) is 27.2. The number of nitrogens with zero attached hydrogens (tertiary/aromatic N) is 1. The Morgan fingerprint density at radius 2 is 1.86 bits per heavy atom. The number of halogens is 2. The fraction of sp³-hybridized carbons (Fsp3) is 0.133. The average Bonchev–Trinajstić information content (AvgIpc) is 2.52. The standard InChI is InChI=1S/C15H13ClN2O3.ClH/c16-13-5-3-11(4-6-13)14(19)18-8-9-21-15(20)12-2-1-7-17-10-12;/h1-7,10H,8-9H2,(H,18,19);1H. The van der Waals surface area contributed by atoms with E-state index in [1.165, 1.54) is 6.20 Å². The summed E-state index contributed by atoms with van der Waals surface area (Å²) >= 11 is 5.74.